The van der Waals surface area contributed by atoms with E-state index in [2.05, 4.69) is 5.32 Å². The molecule has 1 aliphatic rings. The molecule has 3 aromatic carbocycles. The standard InChI is InChI=1S/C24H19FN2O3/c25-21-9-5-4-8-18(21)15-26-22(28)17-10-11-19-20(14-17)24(30)27(23(19)29)13-12-16-6-2-1-3-7-16/h1-11,14H,12-13,15H2,(H,26,28). The summed E-state index contributed by atoms with van der Waals surface area (Å²) in [6, 6.07) is 20.2. The summed E-state index contributed by atoms with van der Waals surface area (Å²) in [5, 5.41) is 2.64. The minimum atomic E-state index is -0.441. The van der Waals surface area contributed by atoms with Gasteiger partial charge in [-0.2, -0.15) is 0 Å². The number of rotatable bonds is 6. The number of nitrogens with zero attached hydrogens (tertiary/aromatic N) is 1. The molecule has 1 heterocycles. The maximum Gasteiger partial charge on any atom is 0.261 e. The van der Waals surface area contributed by atoms with Gasteiger partial charge in [-0.25, -0.2) is 4.39 Å². The molecule has 0 aromatic heterocycles. The van der Waals surface area contributed by atoms with Crippen LogP contribution < -0.4 is 5.32 Å². The summed E-state index contributed by atoms with van der Waals surface area (Å²) in [6.45, 7) is 0.295. The highest BCUT2D eigenvalue weighted by molar-refractivity contribution is 6.22. The Morgan fingerprint density at radius 2 is 1.57 bits per heavy atom. The van der Waals surface area contributed by atoms with Crippen LogP contribution in [-0.2, 0) is 13.0 Å². The second-order valence-corrected chi connectivity index (χ2v) is 7.03. The molecule has 1 N–H and O–H groups in total. The molecular formula is C24H19FN2O3. The van der Waals surface area contributed by atoms with E-state index in [1.807, 2.05) is 30.3 Å². The number of benzene rings is 3. The third kappa shape index (κ3) is 3.85. The van der Waals surface area contributed by atoms with Crippen LogP contribution in [0.25, 0.3) is 0 Å². The van der Waals surface area contributed by atoms with Gasteiger partial charge in [0.1, 0.15) is 5.82 Å². The zero-order chi connectivity index (χ0) is 21.1. The monoisotopic (exact) mass is 402 g/mol. The fourth-order valence-corrected chi connectivity index (χ4v) is 3.44. The molecule has 3 aromatic rings. The lowest BCUT2D eigenvalue weighted by atomic mass is 10.1. The maximum atomic E-state index is 13.7. The minimum absolute atomic E-state index is 0.0265. The van der Waals surface area contributed by atoms with Gasteiger partial charge in [0, 0.05) is 24.2 Å². The van der Waals surface area contributed by atoms with Crippen molar-refractivity contribution in [1.82, 2.24) is 10.2 Å². The molecule has 0 bridgehead atoms. The minimum Gasteiger partial charge on any atom is -0.348 e. The smallest absolute Gasteiger partial charge is 0.261 e. The summed E-state index contributed by atoms with van der Waals surface area (Å²) in [7, 11) is 0. The Morgan fingerprint density at radius 3 is 2.33 bits per heavy atom. The molecule has 150 valence electrons. The first kappa shape index (κ1) is 19.5. The number of fused-ring (bicyclic) bond motifs is 1. The number of nitrogens with one attached hydrogen (secondary N) is 1. The molecule has 0 radical (unpaired) electrons. The van der Waals surface area contributed by atoms with Crippen molar-refractivity contribution in [2.24, 2.45) is 0 Å². The summed E-state index contributed by atoms with van der Waals surface area (Å²) < 4.78 is 13.7. The highest BCUT2D eigenvalue weighted by atomic mass is 19.1. The molecule has 4 rings (SSSR count). The topological polar surface area (TPSA) is 66.5 Å². The van der Waals surface area contributed by atoms with Crippen LogP contribution >= 0.6 is 0 Å². The van der Waals surface area contributed by atoms with Crippen LogP contribution in [0.1, 0.15) is 42.2 Å². The van der Waals surface area contributed by atoms with Gasteiger partial charge in [0.15, 0.2) is 0 Å². The second-order valence-electron chi connectivity index (χ2n) is 7.03. The van der Waals surface area contributed by atoms with Gasteiger partial charge in [-0.3, -0.25) is 19.3 Å². The van der Waals surface area contributed by atoms with Crippen LogP contribution in [0.2, 0.25) is 0 Å². The number of hydrogen-bond donors (Lipinski definition) is 1. The van der Waals surface area contributed by atoms with Crippen LogP contribution in [0.15, 0.2) is 72.8 Å². The van der Waals surface area contributed by atoms with Gasteiger partial charge in [0.2, 0.25) is 0 Å². The SMILES string of the molecule is O=C(NCc1ccccc1F)c1ccc2c(c1)C(=O)N(CCc1ccccc1)C2=O. The third-order valence-electron chi connectivity index (χ3n) is 5.10. The molecule has 0 unspecified atom stereocenters. The van der Waals surface area contributed by atoms with E-state index in [1.54, 1.807) is 18.2 Å². The molecule has 0 aliphatic carbocycles. The van der Waals surface area contributed by atoms with Crippen LogP contribution in [0.5, 0.6) is 0 Å². The van der Waals surface area contributed by atoms with Gasteiger partial charge in [0.25, 0.3) is 17.7 Å². The van der Waals surface area contributed by atoms with Crippen molar-refractivity contribution in [3.8, 4) is 0 Å². The van der Waals surface area contributed by atoms with Crippen molar-refractivity contribution < 1.29 is 18.8 Å². The Hall–Kier alpha value is -3.80. The van der Waals surface area contributed by atoms with E-state index < -0.39 is 17.6 Å². The Kier molecular flexibility index (Phi) is 5.39. The Labute approximate surface area is 173 Å². The number of carbonyl (C=O) groups is 3. The predicted molar refractivity (Wildman–Crippen MR) is 110 cm³/mol. The van der Waals surface area contributed by atoms with Gasteiger partial charge in [-0.05, 0) is 36.2 Å². The molecule has 5 nitrogen and oxygen atoms in total. The molecule has 3 amide bonds. The first-order valence-electron chi connectivity index (χ1n) is 9.60. The number of carbonyl (C=O) groups excluding carboxylic acids is 3. The number of halogens is 1. The van der Waals surface area contributed by atoms with Crippen LogP contribution in [0, 0.1) is 5.82 Å². The lowest BCUT2D eigenvalue weighted by Crippen LogP contribution is -2.31. The van der Waals surface area contributed by atoms with Crippen molar-refractivity contribution >= 4 is 17.7 Å². The van der Waals surface area contributed by atoms with Gasteiger partial charge in [-0.15, -0.1) is 0 Å². The van der Waals surface area contributed by atoms with E-state index in [0.29, 0.717) is 17.5 Å². The lowest BCUT2D eigenvalue weighted by Gasteiger charge is -2.13. The van der Waals surface area contributed by atoms with Crippen LogP contribution in [0.3, 0.4) is 0 Å². The molecular weight excluding hydrogens is 383 g/mol. The lowest BCUT2D eigenvalue weighted by molar-refractivity contribution is 0.0656. The summed E-state index contributed by atoms with van der Waals surface area (Å²) in [4.78, 5) is 39.0. The molecule has 0 fully saturated rings. The van der Waals surface area contributed by atoms with E-state index in [-0.39, 0.29) is 30.1 Å². The molecule has 0 spiro atoms. The Morgan fingerprint density at radius 1 is 0.867 bits per heavy atom. The quantitative estimate of drug-likeness (QED) is 0.641. The largest absolute Gasteiger partial charge is 0.348 e. The van der Waals surface area contributed by atoms with Gasteiger partial charge in [0.05, 0.1) is 11.1 Å². The third-order valence-corrected chi connectivity index (χ3v) is 5.10. The molecule has 1 aliphatic heterocycles. The fourth-order valence-electron chi connectivity index (χ4n) is 3.44. The normalized spacial score (nSPS) is 12.8. The second kappa shape index (κ2) is 8.29. The Bertz CT molecular complexity index is 1130. The zero-order valence-electron chi connectivity index (χ0n) is 16.1. The zero-order valence-corrected chi connectivity index (χ0v) is 16.1. The van der Waals surface area contributed by atoms with E-state index in [4.69, 9.17) is 0 Å². The number of hydrogen-bond acceptors (Lipinski definition) is 3. The average molecular weight is 402 g/mol. The fraction of sp³-hybridized carbons (Fsp3) is 0.125. The highest BCUT2D eigenvalue weighted by Crippen LogP contribution is 2.24. The van der Waals surface area contributed by atoms with Gasteiger partial charge in [-0.1, -0.05) is 48.5 Å². The van der Waals surface area contributed by atoms with Crippen molar-refractivity contribution in [3.05, 3.63) is 106 Å². The van der Waals surface area contributed by atoms with Crippen molar-refractivity contribution in [1.29, 1.82) is 0 Å². The summed E-state index contributed by atoms with van der Waals surface area (Å²) >= 11 is 0. The van der Waals surface area contributed by atoms with Crippen molar-refractivity contribution in [2.45, 2.75) is 13.0 Å². The molecule has 0 saturated carbocycles. The number of amides is 3. The molecule has 30 heavy (non-hydrogen) atoms. The summed E-state index contributed by atoms with van der Waals surface area (Å²) in [5.41, 5.74) is 2.15. The average Bonchev–Trinajstić information content (AvgIpc) is 3.01. The van der Waals surface area contributed by atoms with E-state index >= 15 is 0 Å². The highest BCUT2D eigenvalue weighted by Gasteiger charge is 2.35. The van der Waals surface area contributed by atoms with E-state index in [1.165, 1.54) is 29.2 Å². The predicted octanol–water partition coefficient (Wildman–Crippen LogP) is 3.59. The molecule has 6 heteroatoms. The Balaban J connectivity index is 1.46. The summed E-state index contributed by atoms with van der Waals surface area (Å²) in [6.07, 6.45) is 0.558. The maximum absolute atomic E-state index is 13.7. The van der Waals surface area contributed by atoms with Crippen molar-refractivity contribution in [3.63, 3.8) is 0 Å². The van der Waals surface area contributed by atoms with Crippen LogP contribution in [0.4, 0.5) is 4.39 Å². The van der Waals surface area contributed by atoms with Crippen LogP contribution in [-0.4, -0.2) is 29.2 Å². The summed E-state index contributed by atoms with van der Waals surface area (Å²) in [5.74, 6) is -1.61. The van der Waals surface area contributed by atoms with E-state index in [9.17, 15) is 18.8 Å². The molecule has 0 saturated heterocycles. The van der Waals surface area contributed by atoms with E-state index in [0.717, 1.165) is 5.56 Å². The molecule has 0 atom stereocenters. The first-order chi connectivity index (χ1) is 14.5. The first-order valence-corrected chi connectivity index (χ1v) is 9.60. The van der Waals surface area contributed by atoms with Gasteiger partial charge >= 0.3 is 0 Å². The van der Waals surface area contributed by atoms with Crippen molar-refractivity contribution in [2.75, 3.05) is 6.54 Å². The van der Waals surface area contributed by atoms with Gasteiger partial charge < -0.3 is 5.32 Å². The number of imide groups is 1.